The summed E-state index contributed by atoms with van der Waals surface area (Å²) in [5, 5.41) is 0. The summed E-state index contributed by atoms with van der Waals surface area (Å²) in [5.74, 6) is 0. The van der Waals surface area contributed by atoms with Crippen molar-refractivity contribution in [1.29, 1.82) is 0 Å². The van der Waals surface area contributed by atoms with Crippen molar-refractivity contribution in [3.63, 3.8) is 0 Å². The molecule has 0 radical (unpaired) electrons. The molecule has 0 aromatic rings. The summed E-state index contributed by atoms with van der Waals surface area (Å²) in [6, 6.07) is 0. The van der Waals surface area contributed by atoms with Gasteiger partial charge in [0.15, 0.2) is 0 Å². The fourth-order valence-electron chi connectivity index (χ4n) is 0.499. The summed E-state index contributed by atoms with van der Waals surface area (Å²) >= 11 is 0. The van der Waals surface area contributed by atoms with Crippen LogP contribution in [0.3, 0.4) is 0 Å². The monoisotopic (exact) mass is 115 g/mol. The predicted octanol–water partition coefficient (Wildman–Crippen LogP) is 1.46. The molecule has 0 aromatic carbocycles. The fourth-order valence-corrected chi connectivity index (χ4v) is 0.499. The Balaban J connectivity index is 3.36. The molecule has 0 aliphatic carbocycles. The maximum atomic E-state index is 4.94. The van der Waals surface area contributed by atoms with Gasteiger partial charge in [0.05, 0.1) is 0 Å². The van der Waals surface area contributed by atoms with Gasteiger partial charge >= 0.3 is 0 Å². The quantitative estimate of drug-likeness (QED) is 0.510. The van der Waals surface area contributed by atoms with E-state index in [9.17, 15) is 0 Å². The normalized spacial score (nSPS) is 14.9. The number of hydrogen-bond acceptors (Lipinski definition) is 2. The van der Waals surface area contributed by atoms with Gasteiger partial charge in [0.25, 0.3) is 0 Å². The molecule has 0 unspecified atom stereocenters. The Morgan fingerprint density at radius 1 is 1.75 bits per heavy atom. The number of nitrogens with zero attached hydrogens (tertiary/aromatic N) is 1. The summed E-state index contributed by atoms with van der Waals surface area (Å²) in [6.07, 6.45) is 2.78. The molecule has 0 saturated heterocycles. The molecule has 8 heavy (non-hydrogen) atoms. The average Bonchev–Trinajstić information content (AvgIpc) is 1.83. The third-order valence-electron chi connectivity index (χ3n) is 0.937. The van der Waals surface area contributed by atoms with E-state index in [0.717, 1.165) is 6.42 Å². The van der Waals surface area contributed by atoms with Crippen LogP contribution in [0.2, 0.25) is 0 Å². The van der Waals surface area contributed by atoms with Gasteiger partial charge in [-0.25, -0.2) is 0 Å². The lowest BCUT2D eigenvalue weighted by Crippen LogP contribution is -2.03. The lowest BCUT2D eigenvalue weighted by Gasteiger charge is -2.04. The van der Waals surface area contributed by atoms with E-state index >= 15 is 0 Å². The fraction of sp³-hybridized carbons (Fsp3) is 0.833. The highest BCUT2D eigenvalue weighted by molar-refractivity contribution is 5.53. The number of methoxy groups -OCH3 is 1. The molecule has 0 heterocycles. The van der Waals surface area contributed by atoms with E-state index in [-0.39, 0.29) is 6.23 Å². The van der Waals surface area contributed by atoms with Gasteiger partial charge in [0.2, 0.25) is 0 Å². The zero-order chi connectivity index (χ0) is 6.41. The van der Waals surface area contributed by atoms with Crippen molar-refractivity contribution in [3.8, 4) is 0 Å². The topological polar surface area (TPSA) is 21.6 Å². The zero-order valence-corrected chi connectivity index (χ0v) is 5.72. The van der Waals surface area contributed by atoms with Gasteiger partial charge in [-0.05, 0) is 19.6 Å². The highest BCUT2D eigenvalue weighted by Crippen LogP contribution is 1.94. The molecule has 0 aliphatic heterocycles. The Labute approximate surface area is 50.6 Å². The molecule has 0 spiro atoms. The lowest BCUT2D eigenvalue weighted by atomic mass is 10.4. The molecule has 0 bridgehead atoms. The van der Waals surface area contributed by atoms with E-state index < -0.39 is 0 Å². The molecule has 0 aromatic heterocycles. The number of rotatable bonds is 3. The van der Waals surface area contributed by atoms with E-state index in [4.69, 9.17) is 4.74 Å². The molecule has 0 saturated carbocycles. The third-order valence-corrected chi connectivity index (χ3v) is 0.937. The van der Waals surface area contributed by atoms with Gasteiger partial charge < -0.3 is 4.74 Å². The first-order chi connectivity index (χ1) is 3.85. The minimum atomic E-state index is 0.0694. The van der Waals surface area contributed by atoms with Crippen molar-refractivity contribution in [2.75, 3.05) is 7.11 Å². The van der Waals surface area contributed by atoms with E-state index in [1.807, 2.05) is 13.8 Å². The molecule has 1 atom stereocenters. The summed E-state index contributed by atoms with van der Waals surface area (Å²) in [6.45, 7) is 3.93. The highest BCUT2D eigenvalue weighted by Gasteiger charge is 1.94. The van der Waals surface area contributed by atoms with Crippen molar-refractivity contribution >= 4 is 6.21 Å². The van der Waals surface area contributed by atoms with E-state index in [2.05, 4.69) is 4.99 Å². The summed E-state index contributed by atoms with van der Waals surface area (Å²) in [5.41, 5.74) is 0. The lowest BCUT2D eigenvalue weighted by molar-refractivity contribution is 0.108. The second-order valence-corrected chi connectivity index (χ2v) is 1.51. The Morgan fingerprint density at radius 3 is 2.50 bits per heavy atom. The van der Waals surface area contributed by atoms with Crippen LogP contribution in [-0.4, -0.2) is 19.6 Å². The van der Waals surface area contributed by atoms with Crippen molar-refractivity contribution in [1.82, 2.24) is 0 Å². The molecule has 48 valence electrons. The van der Waals surface area contributed by atoms with E-state index in [1.54, 1.807) is 13.3 Å². The number of ether oxygens (including phenoxy) is 1. The van der Waals surface area contributed by atoms with Crippen LogP contribution in [0, 0.1) is 0 Å². The Bertz CT molecular complexity index is 66.9. The second kappa shape index (κ2) is 4.78. The molecule has 0 fully saturated rings. The van der Waals surface area contributed by atoms with Gasteiger partial charge in [-0.15, -0.1) is 0 Å². The molecular formula is C6H13NO. The van der Waals surface area contributed by atoms with Crippen molar-refractivity contribution in [3.05, 3.63) is 0 Å². The summed E-state index contributed by atoms with van der Waals surface area (Å²) in [4.78, 5) is 4.01. The van der Waals surface area contributed by atoms with Crippen LogP contribution >= 0.6 is 0 Å². The SMILES string of the molecule is CC=N[C@@H](CC)OC. The first kappa shape index (κ1) is 7.63. The largest absolute Gasteiger partial charge is 0.360 e. The van der Waals surface area contributed by atoms with Crippen LogP contribution in [0.25, 0.3) is 0 Å². The second-order valence-electron chi connectivity index (χ2n) is 1.51. The van der Waals surface area contributed by atoms with Gasteiger partial charge in [0.1, 0.15) is 6.23 Å². The van der Waals surface area contributed by atoms with Crippen LogP contribution in [0.15, 0.2) is 4.99 Å². The number of aliphatic imine (C=N–C) groups is 1. The third kappa shape index (κ3) is 2.75. The molecule has 2 nitrogen and oxygen atoms in total. The van der Waals surface area contributed by atoms with E-state index in [1.165, 1.54) is 0 Å². The van der Waals surface area contributed by atoms with Gasteiger partial charge in [-0.3, -0.25) is 4.99 Å². The Kier molecular flexibility index (Phi) is 4.56. The van der Waals surface area contributed by atoms with Gasteiger partial charge in [-0.1, -0.05) is 6.92 Å². The van der Waals surface area contributed by atoms with Crippen LogP contribution < -0.4 is 0 Å². The molecular weight excluding hydrogens is 102 g/mol. The minimum Gasteiger partial charge on any atom is -0.360 e. The molecule has 0 rings (SSSR count). The maximum Gasteiger partial charge on any atom is 0.147 e. The van der Waals surface area contributed by atoms with Crippen LogP contribution in [-0.2, 0) is 4.74 Å². The highest BCUT2D eigenvalue weighted by atomic mass is 16.5. The first-order valence-corrected chi connectivity index (χ1v) is 2.85. The van der Waals surface area contributed by atoms with Crippen molar-refractivity contribution < 1.29 is 4.74 Å². The standard InChI is InChI=1S/C6H13NO/c1-4-6(8-3)7-5-2/h5-6H,4H2,1-3H3/t6-/m1/s1. The van der Waals surface area contributed by atoms with Crippen LogP contribution in [0.5, 0.6) is 0 Å². The molecule has 0 N–H and O–H groups in total. The Hall–Kier alpha value is -0.370. The van der Waals surface area contributed by atoms with Crippen molar-refractivity contribution in [2.24, 2.45) is 4.99 Å². The van der Waals surface area contributed by atoms with Gasteiger partial charge in [0, 0.05) is 7.11 Å². The Morgan fingerprint density at radius 2 is 2.38 bits per heavy atom. The summed E-state index contributed by atoms with van der Waals surface area (Å²) in [7, 11) is 1.67. The average molecular weight is 115 g/mol. The van der Waals surface area contributed by atoms with Crippen LogP contribution in [0.4, 0.5) is 0 Å². The maximum absolute atomic E-state index is 4.94. The van der Waals surface area contributed by atoms with Gasteiger partial charge in [-0.2, -0.15) is 0 Å². The summed E-state index contributed by atoms with van der Waals surface area (Å²) < 4.78 is 4.94. The van der Waals surface area contributed by atoms with E-state index in [0.29, 0.717) is 0 Å². The zero-order valence-electron chi connectivity index (χ0n) is 5.72. The minimum absolute atomic E-state index is 0.0694. The molecule has 2 heteroatoms. The smallest absolute Gasteiger partial charge is 0.147 e. The van der Waals surface area contributed by atoms with Crippen LogP contribution in [0.1, 0.15) is 20.3 Å². The predicted molar refractivity (Wildman–Crippen MR) is 35.3 cm³/mol. The van der Waals surface area contributed by atoms with Crippen molar-refractivity contribution in [2.45, 2.75) is 26.5 Å². The first-order valence-electron chi connectivity index (χ1n) is 2.85. The number of hydrogen-bond donors (Lipinski definition) is 0. The molecule has 0 amide bonds. The molecule has 0 aliphatic rings.